The molecule has 6 heteroatoms. The van der Waals surface area contributed by atoms with Gasteiger partial charge in [-0.3, -0.25) is 9.48 Å². The average Bonchev–Trinajstić information content (AvgIpc) is 2.71. The van der Waals surface area contributed by atoms with E-state index in [0.29, 0.717) is 11.6 Å². The predicted molar refractivity (Wildman–Crippen MR) is 88.0 cm³/mol. The number of aryl methyl sites for hydroxylation is 2. The van der Waals surface area contributed by atoms with E-state index >= 15 is 0 Å². The maximum Gasteiger partial charge on any atom is 0.279 e. The van der Waals surface area contributed by atoms with Crippen molar-refractivity contribution >= 4 is 23.2 Å². The third kappa shape index (κ3) is 3.87. The predicted octanol–water partition coefficient (Wildman–Crippen LogP) is 1.95. The number of nitrogens with zero attached hydrogens (tertiary/aromatic N) is 2. The smallest absolute Gasteiger partial charge is 0.279 e. The first-order chi connectivity index (χ1) is 10.4. The SMILES string of the molecule is Cc1nn(C)c(C)c1NC(=O)C[NH2+][C@H](C)c1cccc(Cl)c1. The molecule has 1 aromatic heterocycles. The summed E-state index contributed by atoms with van der Waals surface area (Å²) in [5.41, 5.74) is 3.69. The van der Waals surface area contributed by atoms with Gasteiger partial charge in [-0.15, -0.1) is 0 Å². The number of nitrogens with one attached hydrogen (secondary N) is 1. The van der Waals surface area contributed by atoms with Gasteiger partial charge in [0.05, 0.1) is 17.1 Å². The quantitative estimate of drug-likeness (QED) is 0.884. The summed E-state index contributed by atoms with van der Waals surface area (Å²) in [6.45, 7) is 6.23. The fraction of sp³-hybridized carbons (Fsp3) is 0.375. The number of amides is 1. The monoisotopic (exact) mass is 321 g/mol. The molecule has 1 aromatic carbocycles. The number of carbonyl (C=O) groups is 1. The molecular formula is C16H22ClN4O+. The van der Waals surface area contributed by atoms with Crippen molar-refractivity contribution in [3.05, 3.63) is 46.2 Å². The highest BCUT2D eigenvalue weighted by molar-refractivity contribution is 6.30. The summed E-state index contributed by atoms with van der Waals surface area (Å²) in [6, 6.07) is 7.87. The van der Waals surface area contributed by atoms with Crippen molar-refractivity contribution in [2.24, 2.45) is 7.05 Å². The van der Waals surface area contributed by atoms with Gasteiger partial charge < -0.3 is 10.6 Å². The van der Waals surface area contributed by atoms with Crippen LogP contribution in [-0.2, 0) is 11.8 Å². The highest BCUT2D eigenvalue weighted by Gasteiger charge is 2.15. The summed E-state index contributed by atoms with van der Waals surface area (Å²) < 4.78 is 1.77. The zero-order chi connectivity index (χ0) is 16.3. The number of hydrogen-bond donors (Lipinski definition) is 2. The molecule has 2 aromatic rings. The number of benzene rings is 1. The van der Waals surface area contributed by atoms with E-state index in [-0.39, 0.29) is 11.9 Å². The van der Waals surface area contributed by atoms with Gasteiger partial charge in [0.1, 0.15) is 6.04 Å². The third-order valence-corrected chi connectivity index (χ3v) is 4.04. The third-order valence-electron chi connectivity index (χ3n) is 3.80. The number of rotatable bonds is 5. The lowest BCUT2D eigenvalue weighted by molar-refractivity contribution is -0.682. The average molecular weight is 322 g/mol. The summed E-state index contributed by atoms with van der Waals surface area (Å²) in [4.78, 5) is 12.1. The standard InChI is InChI=1S/C16H21ClN4O/c1-10(13-6-5-7-14(17)8-13)18-9-15(22)19-16-11(2)20-21(4)12(16)3/h5-8,10,18H,9H2,1-4H3,(H,19,22)/p+1/t10-/m1/s1. The van der Waals surface area contributed by atoms with Crippen molar-refractivity contribution < 1.29 is 10.1 Å². The largest absolute Gasteiger partial charge is 0.333 e. The van der Waals surface area contributed by atoms with Crippen LogP contribution < -0.4 is 10.6 Å². The fourth-order valence-corrected chi connectivity index (χ4v) is 2.55. The Labute approximate surface area is 135 Å². The van der Waals surface area contributed by atoms with Gasteiger partial charge in [0.15, 0.2) is 6.54 Å². The van der Waals surface area contributed by atoms with Gasteiger partial charge in [-0.05, 0) is 32.9 Å². The fourth-order valence-electron chi connectivity index (χ4n) is 2.35. The number of carbonyl (C=O) groups excluding carboxylic acids is 1. The Morgan fingerprint density at radius 3 is 2.77 bits per heavy atom. The maximum absolute atomic E-state index is 12.1. The summed E-state index contributed by atoms with van der Waals surface area (Å²) in [7, 11) is 1.87. The van der Waals surface area contributed by atoms with Crippen LogP contribution in [0.25, 0.3) is 0 Å². The lowest BCUT2D eigenvalue weighted by atomic mass is 10.1. The molecule has 2 rings (SSSR count). The minimum atomic E-state index is -0.0342. The van der Waals surface area contributed by atoms with Gasteiger partial charge in [0.2, 0.25) is 0 Å². The zero-order valence-electron chi connectivity index (χ0n) is 13.4. The summed E-state index contributed by atoms with van der Waals surface area (Å²) in [5, 5.41) is 9.93. The summed E-state index contributed by atoms with van der Waals surface area (Å²) in [6.07, 6.45) is 0. The molecule has 0 bridgehead atoms. The second kappa shape index (κ2) is 6.94. The van der Waals surface area contributed by atoms with Crippen molar-refractivity contribution in [1.29, 1.82) is 0 Å². The Morgan fingerprint density at radius 1 is 1.45 bits per heavy atom. The molecule has 0 aliphatic heterocycles. The molecule has 0 saturated heterocycles. The molecule has 3 N–H and O–H groups in total. The molecule has 1 amide bonds. The molecule has 0 unspecified atom stereocenters. The van der Waals surface area contributed by atoms with Crippen molar-refractivity contribution in [2.45, 2.75) is 26.8 Å². The molecule has 0 saturated carbocycles. The number of nitrogens with two attached hydrogens (primary N) is 1. The molecule has 0 radical (unpaired) electrons. The van der Waals surface area contributed by atoms with Crippen molar-refractivity contribution in [3.8, 4) is 0 Å². The molecule has 0 spiro atoms. The van der Waals surface area contributed by atoms with Crippen LogP contribution in [0.2, 0.25) is 5.02 Å². The zero-order valence-corrected chi connectivity index (χ0v) is 14.1. The number of halogens is 1. The van der Waals surface area contributed by atoms with Gasteiger partial charge in [-0.2, -0.15) is 5.10 Å². The van der Waals surface area contributed by atoms with Crippen LogP contribution in [0.5, 0.6) is 0 Å². The van der Waals surface area contributed by atoms with E-state index in [9.17, 15) is 4.79 Å². The van der Waals surface area contributed by atoms with Crippen molar-refractivity contribution in [1.82, 2.24) is 9.78 Å². The van der Waals surface area contributed by atoms with E-state index < -0.39 is 0 Å². The Hall–Kier alpha value is -1.85. The lowest BCUT2D eigenvalue weighted by Gasteiger charge is -2.11. The number of quaternary nitrogens is 1. The molecular weight excluding hydrogens is 300 g/mol. The topological polar surface area (TPSA) is 63.5 Å². The van der Waals surface area contributed by atoms with Crippen LogP contribution in [0.4, 0.5) is 5.69 Å². The minimum Gasteiger partial charge on any atom is -0.333 e. The van der Waals surface area contributed by atoms with Crippen LogP contribution >= 0.6 is 11.6 Å². The van der Waals surface area contributed by atoms with E-state index in [2.05, 4.69) is 17.3 Å². The van der Waals surface area contributed by atoms with Gasteiger partial charge in [-0.1, -0.05) is 23.7 Å². The van der Waals surface area contributed by atoms with Gasteiger partial charge >= 0.3 is 0 Å². The van der Waals surface area contributed by atoms with E-state index in [4.69, 9.17) is 11.6 Å². The molecule has 1 atom stereocenters. The van der Waals surface area contributed by atoms with Crippen molar-refractivity contribution in [3.63, 3.8) is 0 Å². The van der Waals surface area contributed by atoms with Crippen LogP contribution in [0.3, 0.4) is 0 Å². The van der Waals surface area contributed by atoms with Crippen LogP contribution in [-0.4, -0.2) is 22.2 Å². The summed E-state index contributed by atoms with van der Waals surface area (Å²) in [5.74, 6) is -0.0342. The van der Waals surface area contributed by atoms with Gasteiger partial charge in [0.25, 0.3) is 5.91 Å². The molecule has 5 nitrogen and oxygen atoms in total. The van der Waals surface area contributed by atoms with Crippen LogP contribution in [0, 0.1) is 13.8 Å². The first-order valence-electron chi connectivity index (χ1n) is 7.27. The first-order valence-corrected chi connectivity index (χ1v) is 7.65. The Balaban J connectivity index is 1.93. The minimum absolute atomic E-state index is 0.0342. The number of anilines is 1. The van der Waals surface area contributed by atoms with E-state index in [0.717, 1.165) is 22.6 Å². The first kappa shape index (κ1) is 16.5. The van der Waals surface area contributed by atoms with Gasteiger partial charge in [0, 0.05) is 17.6 Å². The highest BCUT2D eigenvalue weighted by atomic mass is 35.5. The van der Waals surface area contributed by atoms with Crippen molar-refractivity contribution in [2.75, 3.05) is 11.9 Å². The van der Waals surface area contributed by atoms with Gasteiger partial charge in [-0.25, -0.2) is 0 Å². The number of aromatic nitrogens is 2. The number of hydrogen-bond acceptors (Lipinski definition) is 2. The molecule has 1 heterocycles. The Bertz CT molecular complexity index is 681. The highest BCUT2D eigenvalue weighted by Crippen LogP contribution is 2.18. The van der Waals surface area contributed by atoms with Crippen LogP contribution in [0.1, 0.15) is 29.9 Å². The van der Waals surface area contributed by atoms with Crippen LogP contribution in [0.15, 0.2) is 24.3 Å². The normalized spacial score (nSPS) is 12.2. The maximum atomic E-state index is 12.1. The van der Waals surface area contributed by atoms with E-state index in [1.54, 1.807) is 4.68 Å². The second-order valence-corrected chi connectivity index (χ2v) is 5.94. The Morgan fingerprint density at radius 2 is 2.18 bits per heavy atom. The molecule has 118 valence electrons. The molecule has 0 aliphatic rings. The van der Waals surface area contributed by atoms with E-state index in [1.807, 2.05) is 50.5 Å². The second-order valence-electron chi connectivity index (χ2n) is 5.50. The Kier molecular flexibility index (Phi) is 5.21. The molecule has 0 aliphatic carbocycles. The summed E-state index contributed by atoms with van der Waals surface area (Å²) >= 11 is 5.99. The lowest BCUT2D eigenvalue weighted by Crippen LogP contribution is -2.86. The van der Waals surface area contributed by atoms with E-state index in [1.165, 1.54) is 0 Å². The molecule has 22 heavy (non-hydrogen) atoms. The molecule has 0 fully saturated rings.